The summed E-state index contributed by atoms with van der Waals surface area (Å²) in [6, 6.07) is 10.3. The minimum Gasteiger partial charge on any atom is -0.371 e. The Morgan fingerprint density at radius 1 is 1.39 bits per heavy atom. The van der Waals surface area contributed by atoms with Gasteiger partial charge in [-0.1, -0.05) is 18.2 Å². The fourth-order valence-electron chi connectivity index (χ4n) is 2.98. The van der Waals surface area contributed by atoms with Crippen LogP contribution < -0.4 is 10.5 Å². The van der Waals surface area contributed by atoms with Crippen molar-refractivity contribution in [1.29, 1.82) is 0 Å². The number of aromatic amines is 1. The zero-order chi connectivity index (χ0) is 16.2. The highest BCUT2D eigenvalue weighted by Crippen LogP contribution is 2.24. The molecular formula is C17H20N4O2. The molecule has 0 bridgehead atoms. The molecule has 120 valence electrons. The Morgan fingerprint density at radius 3 is 2.87 bits per heavy atom. The van der Waals surface area contributed by atoms with Crippen LogP contribution >= 0.6 is 0 Å². The maximum Gasteiger partial charge on any atom is 0.273 e. The summed E-state index contributed by atoms with van der Waals surface area (Å²) < 4.78 is 0. The molecule has 0 radical (unpaired) electrons. The first kappa shape index (κ1) is 15.3. The molecule has 1 N–H and O–H groups in total. The van der Waals surface area contributed by atoms with Crippen molar-refractivity contribution < 1.29 is 4.79 Å². The molecule has 1 saturated heterocycles. The number of benzene rings is 1. The monoisotopic (exact) mass is 312 g/mol. The first-order valence-electron chi connectivity index (χ1n) is 7.73. The van der Waals surface area contributed by atoms with Crippen molar-refractivity contribution >= 4 is 11.6 Å². The van der Waals surface area contributed by atoms with Gasteiger partial charge in [0.2, 0.25) is 0 Å². The lowest BCUT2D eigenvalue weighted by atomic mass is 10.1. The van der Waals surface area contributed by atoms with Crippen molar-refractivity contribution in [1.82, 2.24) is 14.9 Å². The van der Waals surface area contributed by atoms with Crippen molar-refractivity contribution in [2.45, 2.75) is 6.42 Å². The SMILES string of the molecule is CN(CC1CCN(c2ccccc2)C1)C(=O)c1c[nH]c(=O)cn1. The molecule has 23 heavy (non-hydrogen) atoms. The van der Waals surface area contributed by atoms with Crippen LogP contribution in [0.3, 0.4) is 0 Å². The molecule has 1 aliphatic heterocycles. The highest BCUT2D eigenvalue weighted by molar-refractivity contribution is 5.91. The molecular weight excluding hydrogens is 292 g/mol. The number of hydrogen-bond acceptors (Lipinski definition) is 4. The van der Waals surface area contributed by atoms with Crippen LogP contribution in [-0.4, -0.2) is 47.5 Å². The third kappa shape index (κ3) is 3.59. The van der Waals surface area contributed by atoms with Crippen LogP contribution in [0.25, 0.3) is 0 Å². The lowest BCUT2D eigenvalue weighted by Crippen LogP contribution is -2.34. The Hall–Kier alpha value is -2.63. The molecule has 0 spiro atoms. The van der Waals surface area contributed by atoms with Gasteiger partial charge in [-0.3, -0.25) is 9.59 Å². The van der Waals surface area contributed by atoms with E-state index in [4.69, 9.17) is 0 Å². The van der Waals surface area contributed by atoms with Crippen molar-refractivity contribution in [3.05, 3.63) is 58.8 Å². The quantitative estimate of drug-likeness (QED) is 0.926. The number of para-hydroxylation sites is 1. The topological polar surface area (TPSA) is 69.3 Å². The van der Waals surface area contributed by atoms with Crippen molar-refractivity contribution in [2.24, 2.45) is 5.92 Å². The van der Waals surface area contributed by atoms with Gasteiger partial charge in [-0.15, -0.1) is 0 Å². The van der Waals surface area contributed by atoms with Crippen molar-refractivity contribution in [3.63, 3.8) is 0 Å². The summed E-state index contributed by atoms with van der Waals surface area (Å²) in [7, 11) is 1.78. The molecule has 0 aliphatic carbocycles. The average Bonchev–Trinajstić information content (AvgIpc) is 3.04. The van der Waals surface area contributed by atoms with Gasteiger partial charge < -0.3 is 14.8 Å². The second-order valence-electron chi connectivity index (χ2n) is 5.92. The van der Waals surface area contributed by atoms with Crippen molar-refractivity contribution in [3.8, 4) is 0 Å². The van der Waals surface area contributed by atoms with E-state index in [1.165, 1.54) is 11.9 Å². The maximum absolute atomic E-state index is 12.3. The zero-order valence-corrected chi connectivity index (χ0v) is 13.1. The zero-order valence-electron chi connectivity index (χ0n) is 13.1. The summed E-state index contributed by atoms with van der Waals surface area (Å²) in [6.07, 6.45) is 3.56. The molecule has 6 heteroatoms. The molecule has 1 amide bonds. The Labute approximate surface area is 134 Å². The van der Waals surface area contributed by atoms with E-state index in [1.807, 2.05) is 18.2 Å². The van der Waals surface area contributed by atoms with Gasteiger partial charge in [0.05, 0.1) is 6.20 Å². The molecule has 2 aromatic rings. The van der Waals surface area contributed by atoms with Gasteiger partial charge in [0.15, 0.2) is 0 Å². The largest absolute Gasteiger partial charge is 0.371 e. The minimum atomic E-state index is -0.307. The summed E-state index contributed by atoms with van der Waals surface area (Å²) in [4.78, 5) is 33.7. The number of H-pyrrole nitrogens is 1. The van der Waals surface area contributed by atoms with Gasteiger partial charge >= 0.3 is 0 Å². The summed E-state index contributed by atoms with van der Waals surface area (Å²) in [6.45, 7) is 2.64. The molecule has 1 unspecified atom stereocenters. The highest BCUT2D eigenvalue weighted by atomic mass is 16.2. The second kappa shape index (κ2) is 6.64. The number of hydrogen-bond donors (Lipinski definition) is 1. The number of nitrogens with zero attached hydrogens (tertiary/aromatic N) is 3. The number of carbonyl (C=O) groups excluding carboxylic acids is 1. The van der Waals surface area contributed by atoms with Gasteiger partial charge in [-0.25, -0.2) is 4.98 Å². The molecule has 2 heterocycles. The van der Waals surface area contributed by atoms with Crippen LogP contribution in [0.15, 0.2) is 47.5 Å². The molecule has 6 nitrogen and oxygen atoms in total. The van der Waals surface area contributed by atoms with Gasteiger partial charge in [0, 0.05) is 38.6 Å². The fraction of sp³-hybridized carbons (Fsp3) is 0.353. The first-order chi connectivity index (χ1) is 11.1. The number of amides is 1. The minimum absolute atomic E-state index is 0.167. The predicted octanol–water partition coefficient (Wildman–Crippen LogP) is 1.37. The lowest BCUT2D eigenvalue weighted by molar-refractivity contribution is 0.0770. The number of rotatable bonds is 4. The van der Waals surface area contributed by atoms with Gasteiger partial charge in [0.25, 0.3) is 11.5 Å². The van der Waals surface area contributed by atoms with Gasteiger partial charge in [-0.2, -0.15) is 0 Å². The van der Waals surface area contributed by atoms with E-state index in [9.17, 15) is 9.59 Å². The molecule has 1 aromatic heterocycles. The Morgan fingerprint density at radius 2 is 2.17 bits per heavy atom. The predicted molar refractivity (Wildman–Crippen MR) is 88.6 cm³/mol. The van der Waals surface area contributed by atoms with Crippen LogP contribution in [0.5, 0.6) is 0 Å². The van der Waals surface area contributed by atoms with E-state index < -0.39 is 0 Å². The Bertz CT molecular complexity index is 708. The van der Waals surface area contributed by atoms with E-state index >= 15 is 0 Å². The number of nitrogens with one attached hydrogen (secondary N) is 1. The lowest BCUT2D eigenvalue weighted by Gasteiger charge is -2.22. The summed E-state index contributed by atoms with van der Waals surface area (Å²) in [5, 5.41) is 0. The molecule has 1 atom stereocenters. The van der Waals surface area contributed by atoms with E-state index in [0.29, 0.717) is 12.5 Å². The Balaban J connectivity index is 1.58. The highest BCUT2D eigenvalue weighted by Gasteiger charge is 2.25. The van der Waals surface area contributed by atoms with E-state index in [-0.39, 0.29) is 17.2 Å². The van der Waals surface area contributed by atoms with Crippen LogP contribution in [0, 0.1) is 5.92 Å². The van der Waals surface area contributed by atoms with Gasteiger partial charge in [0.1, 0.15) is 5.69 Å². The van der Waals surface area contributed by atoms with E-state index in [2.05, 4.69) is 27.0 Å². The van der Waals surface area contributed by atoms with Crippen LogP contribution in [0.2, 0.25) is 0 Å². The summed E-state index contributed by atoms with van der Waals surface area (Å²) in [5.74, 6) is 0.270. The fourth-order valence-corrected chi connectivity index (χ4v) is 2.98. The standard InChI is InChI=1S/C17H20N4O2/c1-20(17(23)15-9-19-16(22)10-18-15)11-13-7-8-21(12-13)14-5-3-2-4-6-14/h2-6,9-10,13H,7-8,11-12H2,1H3,(H,19,22). The number of anilines is 1. The third-order valence-corrected chi connectivity index (χ3v) is 4.18. The van der Waals surface area contributed by atoms with Crippen molar-refractivity contribution in [2.75, 3.05) is 31.6 Å². The van der Waals surface area contributed by atoms with Crippen LogP contribution in [-0.2, 0) is 0 Å². The first-order valence-corrected chi connectivity index (χ1v) is 7.73. The van der Waals surface area contributed by atoms with Crippen LogP contribution in [0.1, 0.15) is 16.9 Å². The summed E-state index contributed by atoms with van der Waals surface area (Å²) in [5.41, 5.74) is 1.19. The normalized spacial score (nSPS) is 17.3. The Kier molecular flexibility index (Phi) is 4.41. The molecule has 3 rings (SSSR count). The van der Waals surface area contributed by atoms with E-state index in [1.54, 1.807) is 11.9 Å². The molecule has 0 saturated carbocycles. The second-order valence-corrected chi connectivity index (χ2v) is 5.92. The molecule has 1 fully saturated rings. The average molecular weight is 312 g/mol. The van der Waals surface area contributed by atoms with Gasteiger partial charge in [-0.05, 0) is 24.5 Å². The smallest absolute Gasteiger partial charge is 0.273 e. The summed E-state index contributed by atoms with van der Waals surface area (Å²) >= 11 is 0. The molecule has 1 aromatic carbocycles. The number of carbonyl (C=O) groups is 1. The molecule has 1 aliphatic rings. The third-order valence-electron chi connectivity index (χ3n) is 4.18. The van der Waals surface area contributed by atoms with E-state index in [0.717, 1.165) is 25.7 Å². The number of aromatic nitrogens is 2. The van der Waals surface area contributed by atoms with Crippen LogP contribution in [0.4, 0.5) is 5.69 Å². The maximum atomic E-state index is 12.3.